The molecule has 5 heteroatoms. The molecule has 2 N–H and O–H groups in total. The zero-order chi connectivity index (χ0) is 16.9. The van der Waals surface area contributed by atoms with Gasteiger partial charge < -0.3 is 15.4 Å². The minimum atomic E-state index is -0.452. The van der Waals surface area contributed by atoms with Crippen molar-refractivity contribution >= 4 is 6.09 Å². The zero-order valence-corrected chi connectivity index (χ0v) is 14.8. The van der Waals surface area contributed by atoms with E-state index in [1.54, 1.807) is 0 Å². The van der Waals surface area contributed by atoms with E-state index >= 15 is 0 Å². The van der Waals surface area contributed by atoms with E-state index in [9.17, 15) is 4.79 Å². The molecule has 1 aliphatic carbocycles. The van der Waals surface area contributed by atoms with Crippen molar-refractivity contribution in [2.75, 3.05) is 26.2 Å². The van der Waals surface area contributed by atoms with Crippen molar-refractivity contribution in [3.63, 3.8) is 0 Å². The Hall–Kier alpha value is -1.25. The first-order valence-electron chi connectivity index (χ1n) is 8.72. The van der Waals surface area contributed by atoms with Gasteiger partial charge >= 0.3 is 6.09 Å². The normalized spacial score (nSPS) is 22.0. The van der Waals surface area contributed by atoms with Crippen LogP contribution in [-0.4, -0.2) is 54.4 Å². The van der Waals surface area contributed by atoms with Gasteiger partial charge in [0, 0.05) is 25.7 Å². The number of amides is 1. The number of piperidine rings is 1. The van der Waals surface area contributed by atoms with Crippen LogP contribution in [0.3, 0.4) is 0 Å². The summed E-state index contributed by atoms with van der Waals surface area (Å²) in [6, 6.07) is 0.516. The van der Waals surface area contributed by atoms with Gasteiger partial charge in [-0.1, -0.05) is 5.92 Å². The topological polar surface area (TPSA) is 53.6 Å². The first kappa shape index (κ1) is 18.1. The lowest BCUT2D eigenvalue weighted by atomic mass is 9.76. The molecule has 1 amide bonds. The van der Waals surface area contributed by atoms with Crippen LogP contribution in [-0.2, 0) is 4.74 Å². The largest absolute Gasteiger partial charge is 0.444 e. The number of alkyl carbamates (subject to hydrolysis) is 1. The lowest BCUT2D eigenvalue weighted by Gasteiger charge is -2.44. The first-order valence-corrected chi connectivity index (χ1v) is 8.72. The summed E-state index contributed by atoms with van der Waals surface area (Å²) in [5, 5.41) is 6.74. The van der Waals surface area contributed by atoms with E-state index in [4.69, 9.17) is 11.2 Å². The van der Waals surface area contributed by atoms with E-state index in [2.05, 4.69) is 21.5 Å². The molecule has 2 fully saturated rings. The Morgan fingerprint density at radius 2 is 2.00 bits per heavy atom. The smallest absolute Gasteiger partial charge is 0.408 e. The molecule has 130 valence electrons. The van der Waals surface area contributed by atoms with Crippen molar-refractivity contribution in [3.8, 4) is 12.3 Å². The fraction of sp³-hybridized carbons (Fsp3) is 0.833. The Morgan fingerprint density at radius 3 is 2.48 bits per heavy atom. The predicted molar refractivity (Wildman–Crippen MR) is 92.2 cm³/mol. The van der Waals surface area contributed by atoms with E-state index in [0.29, 0.717) is 6.04 Å². The molecule has 0 aromatic rings. The number of nitrogens with one attached hydrogen (secondary N) is 2. The fourth-order valence-electron chi connectivity index (χ4n) is 3.23. The summed E-state index contributed by atoms with van der Waals surface area (Å²) < 4.78 is 5.40. The Labute approximate surface area is 140 Å². The summed E-state index contributed by atoms with van der Waals surface area (Å²) in [6.45, 7) is 9.35. The fourth-order valence-corrected chi connectivity index (χ4v) is 3.23. The van der Waals surface area contributed by atoms with Crippen LogP contribution in [0.5, 0.6) is 0 Å². The number of carbonyl (C=O) groups excluding carboxylic acids is 1. The van der Waals surface area contributed by atoms with E-state index in [1.807, 2.05) is 20.8 Å². The summed E-state index contributed by atoms with van der Waals surface area (Å²) in [5.74, 6) is 2.71. The van der Waals surface area contributed by atoms with Crippen molar-refractivity contribution in [2.24, 2.45) is 0 Å². The zero-order valence-electron chi connectivity index (χ0n) is 14.8. The summed E-state index contributed by atoms with van der Waals surface area (Å²) >= 11 is 0. The quantitative estimate of drug-likeness (QED) is 0.762. The van der Waals surface area contributed by atoms with Crippen molar-refractivity contribution in [1.29, 1.82) is 0 Å². The Balaban J connectivity index is 1.75. The summed E-state index contributed by atoms with van der Waals surface area (Å²) in [6.07, 6.45) is 10.5. The number of hydrogen-bond donors (Lipinski definition) is 2. The lowest BCUT2D eigenvalue weighted by molar-refractivity contribution is 0.0375. The Morgan fingerprint density at radius 1 is 1.35 bits per heavy atom. The third kappa shape index (κ3) is 5.71. The summed E-state index contributed by atoms with van der Waals surface area (Å²) in [7, 11) is 0. The van der Waals surface area contributed by atoms with Gasteiger partial charge in [-0.25, -0.2) is 4.79 Å². The highest BCUT2D eigenvalue weighted by Crippen LogP contribution is 2.32. The standard InChI is InChI=1S/C18H31N3O2/c1-5-11-21-12-7-15(8-13-21)19-14-18(9-6-10-18)20-16(22)23-17(2,3)4/h1,15,19H,6-14H2,2-4H3,(H,20,22). The lowest BCUT2D eigenvalue weighted by Crippen LogP contribution is -2.61. The van der Waals surface area contributed by atoms with Crippen LogP contribution in [0.4, 0.5) is 4.79 Å². The monoisotopic (exact) mass is 321 g/mol. The van der Waals surface area contributed by atoms with E-state index < -0.39 is 5.60 Å². The minimum Gasteiger partial charge on any atom is -0.444 e. The molecule has 0 spiro atoms. The highest BCUT2D eigenvalue weighted by Gasteiger charge is 2.39. The van der Waals surface area contributed by atoms with Gasteiger partial charge in [-0.15, -0.1) is 6.42 Å². The maximum Gasteiger partial charge on any atom is 0.408 e. The highest BCUT2D eigenvalue weighted by molar-refractivity contribution is 5.69. The van der Waals surface area contributed by atoms with E-state index in [-0.39, 0.29) is 11.6 Å². The second kappa shape index (κ2) is 7.55. The number of ether oxygens (including phenoxy) is 1. The molecule has 0 aromatic carbocycles. The molecular formula is C18H31N3O2. The molecule has 1 aliphatic heterocycles. The number of terminal acetylenes is 1. The molecule has 0 unspecified atom stereocenters. The third-order valence-electron chi connectivity index (χ3n) is 4.71. The molecule has 2 aliphatic rings. The van der Waals surface area contributed by atoms with Gasteiger partial charge in [-0.2, -0.15) is 0 Å². The van der Waals surface area contributed by atoms with Gasteiger partial charge in [0.05, 0.1) is 12.1 Å². The number of carbonyl (C=O) groups is 1. The molecule has 1 saturated carbocycles. The van der Waals surface area contributed by atoms with Crippen LogP contribution in [0.15, 0.2) is 0 Å². The van der Waals surface area contributed by atoms with Crippen LogP contribution in [0.1, 0.15) is 52.9 Å². The van der Waals surface area contributed by atoms with Gasteiger partial charge in [0.25, 0.3) is 0 Å². The van der Waals surface area contributed by atoms with Crippen molar-refractivity contribution in [2.45, 2.75) is 70.1 Å². The Kier molecular flexibility index (Phi) is 5.94. The van der Waals surface area contributed by atoms with Crippen molar-refractivity contribution < 1.29 is 9.53 Å². The highest BCUT2D eigenvalue weighted by atomic mass is 16.6. The van der Waals surface area contributed by atoms with E-state index in [0.717, 1.165) is 58.3 Å². The average molecular weight is 321 g/mol. The molecule has 0 atom stereocenters. The SMILES string of the molecule is C#CCN1CCC(NCC2(NC(=O)OC(C)(C)C)CCC2)CC1. The number of nitrogens with zero attached hydrogens (tertiary/aromatic N) is 1. The molecule has 1 saturated heterocycles. The molecule has 23 heavy (non-hydrogen) atoms. The summed E-state index contributed by atoms with van der Waals surface area (Å²) in [4.78, 5) is 14.4. The summed E-state index contributed by atoms with van der Waals surface area (Å²) in [5.41, 5.74) is -0.579. The van der Waals surface area contributed by atoms with Crippen LogP contribution in [0.2, 0.25) is 0 Å². The third-order valence-corrected chi connectivity index (χ3v) is 4.71. The van der Waals surface area contributed by atoms with Gasteiger partial charge in [0.2, 0.25) is 0 Å². The van der Waals surface area contributed by atoms with Gasteiger partial charge in [0.1, 0.15) is 5.60 Å². The van der Waals surface area contributed by atoms with Crippen LogP contribution in [0.25, 0.3) is 0 Å². The number of rotatable bonds is 5. The minimum absolute atomic E-state index is 0.127. The first-order chi connectivity index (χ1) is 10.8. The number of likely N-dealkylation sites (tertiary alicyclic amines) is 1. The molecule has 1 heterocycles. The molecule has 5 nitrogen and oxygen atoms in total. The van der Waals surface area contributed by atoms with E-state index in [1.165, 1.54) is 0 Å². The van der Waals surface area contributed by atoms with Crippen molar-refractivity contribution in [3.05, 3.63) is 0 Å². The molecule has 0 bridgehead atoms. The van der Waals surface area contributed by atoms with Gasteiger partial charge in [0.15, 0.2) is 0 Å². The Bertz CT molecular complexity index is 438. The molecule has 0 radical (unpaired) electrons. The maximum atomic E-state index is 12.0. The molecular weight excluding hydrogens is 290 g/mol. The average Bonchev–Trinajstić information content (AvgIpc) is 2.41. The second-order valence-corrected chi connectivity index (χ2v) is 7.90. The van der Waals surface area contributed by atoms with Gasteiger partial charge in [-0.05, 0) is 52.9 Å². The van der Waals surface area contributed by atoms with Crippen LogP contribution in [0, 0.1) is 12.3 Å². The number of hydrogen-bond acceptors (Lipinski definition) is 4. The molecule has 0 aromatic heterocycles. The maximum absolute atomic E-state index is 12.0. The molecule has 2 rings (SSSR count). The van der Waals surface area contributed by atoms with Crippen LogP contribution < -0.4 is 10.6 Å². The van der Waals surface area contributed by atoms with Gasteiger partial charge in [-0.3, -0.25) is 4.90 Å². The van der Waals surface area contributed by atoms with Crippen LogP contribution >= 0.6 is 0 Å². The predicted octanol–water partition coefficient (Wildman–Crippen LogP) is 2.12. The second-order valence-electron chi connectivity index (χ2n) is 7.90. The van der Waals surface area contributed by atoms with Crippen molar-refractivity contribution in [1.82, 2.24) is 15.5 Å².